The second kappa shape index (κ2) is 6.38. The Kier molecular flexibility index (Phi) is 4.13. The third-order valence-electron chi connectivity index (χ3n) is 3.72. The zero-order valence-electron chi connectivity index (χ0n) is 12.1. The van der Waals surface area contributed by atoms with Gasteiger partial charge < -0.3 is 10.2 Å². The number of nitrogens with zero attached hydrogens (tertiary/aromatic N) is 4. The molecule has 114 valence electrons. The monoisotopic (exact) mass is 299 g/mol. The van der Waals surface area contributed by atoms with Gasteiger partial charge in [0.1, 0.15) is 0 Å². The molecule has 1 aromatic carbocycles. The molecule has 7 nitrogen and oxygen atoms in total. The Morgan fingerprint density at radius 1 is 1.18 bits per heavy atom. The number of nitrogens with one attached hydrogen (secondary N) is 1. The van der Waals surface area contributed by atoms with Gasteiger partial charge in [-0.05, 0) is 18.6 Å². The second-order valence-corrected chi connectivity index (χ2v) is 5.18. The van der Waals surface area contributed by atoms with Crippen LogP contribution in [0.2, 0.25) is 0 Å². The summed E-state index contributed by atoms with van der Waals surface area (Å²) in [6, 6.07) is 8.97. The van der Waals surface area contributed by atoms with Crippen molar-refractivity contribution in [3.05, 3.63) is 48.3 Å². The minimum Gasteiger partial charge on any atom is -0.343 e. The molecule has 0 aliphatic carbocycles. The van der Waals surface area contributed by atoms with E-state index in [4.69, 9.17) is 0 Å². The number of hydrogen-bond acceptors (Lipinski definition) is 4. The van der Waals surface area contributed by atoms with E-state index in [1.54, 1.807) is 46.4 Å². The Morgan fingerprint density at radius 3 is 2.64 bits per heavy atom. The Balaban J connectivity index is 1.50. The summed E-state index contributed by atoms with van der Waals surface area (Å²) in [5, 5.41) is 10.9. The van der Waals surface area contributed by atoms with Crippen LogP contribution in [0.5, 0.6) is 0 Å². The van der Waals surface area contributed by atoms with Gasteiger partial charge in [0.25, 0.3) is 5.91 Å². The highest BCUT2D eigenvalue weighted by molar-refractivity contribution is 5.96. The fourth-order valence-corrected chi connectivity index (χ4v) is 2.53. The van der Waals surface area contributed by atoms with E-state index in [0.29, 0.717) is 18.7 Å². The van der Waals surface area contributed by atoms with Crippen molar-refractivity contribution in [2.24, 2.45) is 0 Å². The predicted octanol–water partition coefficient (Wildman–Crippen LogP) is 0.482. The molecule has 2 amide bonds. The number of benzene rings is 1. The minimum atomic E-state index is -0.238. The molecule has 1 aliphatic heterocycles. The average Bonchev–Trinajstić information content (AvgIpc) is 3.23. The Hall–Kier alpha value is -2.70. The molecule has 0 saturated carbocycles. The molecule has 1 atom stereocenters. The number of hydrogen-bond donors (Lipinski definition) is 1. The molecule has 22 heavy (non-hydrogen) atoms. The number of amides is 2. The first-order chi connectivity index (χ1) is 10.7. The first-order valence-corrected chi connectivity index (χ1v) is 7.21. The van der Waals surface area contributed by atoms with Crippen LogP contribution in [-0.4, -0.2) is 51.3 Å². The zero-order valence-corrected chi connectivity index (χ0v) is 12.1. The van der Waals surface area contributed by atoms with Crippen LogP contribution >= 0.6 is 0 Å². The highest BCUT2D eigenvalue weighted by Crippen LogP contribution is 2.19. The maximum Gasteiger partial charge on any atom is 0.251 e. The van der Waals surface area contributed by atoms with Crippen LogP contribution < -0.4 is 5.32 Å². The van der Waals surface area contributed by atoms with Crippen molar-refractivity contribution < 1.29 is 9.59 Å². The molecule has 3 rings (SSSR count). The van der Waals surface area contributed by atoms with Gasteiger partial charge in [-0.3, -0.25) is 9.59 Å². The number of carbonyl (C=O) groups is 2. The molecule has 1 fully saturated rings. The van der Waals surface area contributed by atoms with Crippen LogP contribution in [-0.2, 0) is 4.79 Å². The standard InChI is InChI=1S/C15H17N5O2/c21-14(10-16-15(22)12-4-2-1-3-5-12)19-9-6-13(11-19)20-17-7-8-18-20/h1-5,7-8,13H,6,9-11H2,(H,16,22). The van der Waals surface area contributed by atoms with E-state index in [2.05, 4.69) is 15.5 Å². The highest BCUT2D eigenvalue weighted by atomic mass is 16.2. The molecule has 1 N–H and O–H groups in total. The van der Waals surface area contributed by atoms with Gasteiger partial charge >= 0.3 is 0 Å². The van der Waals surface area contributed by atoms with Gasteiger partial charge in [-0.2, -0.15) is 15.0 Å². The Morgan fingerprint density at radius 2 is 1.91 bits per heavy atom. The zero-order chi connectivity index (χ0) is 15.4. The number of rotatable bonds is 4. The quantitative estimate of drug-likeness (QED) is 0.890. The molecule has 7 heteroatoms. The van der Waals surface area contributed by atoms with E-state index in [-0.39, 0.29) is 24.4 Å². The molecule has 2 heterocycles. The number of carbonyl (C=O) groups excluding carboxylic acids is 2. The van der Waals surface area contributed by atoms with E-state index in [9.17, 15) is 9.59 Å². The Labute approximate surface area is 127 Å². The lowest BCUT2D eigenvalue weighted by Gasteiger charge is -2.16. The molecule has 1 aromatic heterocycles. The summed E-state index contributed by atoms with van der Waals surface area (Å²) in [4.78, 5) is 27.4. The second-order valence-electron chi connectivity index (χ2n) is 5.18. The van der Waals surface area contributed by atoms with Crippen molar-refractivity contribution in [1.82, 2.24) is 25.2 Å². The van der Waals surface area contributed by atoms with Crippen LogP contribution in [0, 0.1) is 0 Å². The third-order valence-corrected chi connectivity index (χ3v) is 3.72. The maximum absolute atomic E-state index is 12.2. The lowest BCUT2D eigenvalue weighted by molar-refractivity contribution is -0.129. The van der Waals surface area contributed by atoms with Crippen molar-refractivity contribution >= 4 is 11.8 Å². The van der Waals surface area contributed by atoms with Crippen LogP contribution in [0.3, 0.4) is 0 Å². The molecule has 2 aromatic rings. The summed E-state index contributed by atoms with van der Waals surface area (Å²) in [5.41, 5.74) is 0.551. The first kappa shape index (κ1) is 14.2. The van der Waals surface area contributed by atoms with Crippen molar-refractivity contribution in [3.63, 3.8) is 0 Å². The van der Waals surface area contributed by atoms with E-state index in [0.717, 1.165) is 6.42 Å². The summed E-state index contributed by atoms with van der Waals surface area (Å²) in [5.74, 6) is -0.322. The lowest BCUT2D eigenvalue weighted by atomic mass is 10.2. The van der Waals surface area contributed by atoms with Crippen LogP contribution in [0.4, 0.5) is 0 Å². The molecule has 0 bridgehead atoms. The van der Waals surface area contributed by atoms with E-state index >= 15 is 0 Å². The predicted molar refractivity (Wildman–Crippen MR) is 79.0 cm³/mol. The first-order valence-electron chi connectivity index (χ1n) is 7.21. The summed E-state index contributed by atoms with van der Waals surface area (Å²) in [7, 11) is 0. The normalized spacial score (nSPS) is 17.5. The molecule has 0 radical (unpaired) electrons. The molecule has 1 unspecified atom stereocenters. The average molecular weight is 299 g/mol. The SMILES string of the molecule is O=C(NCC(=O)N1CCC(n2nccn2)C1)c1ccccc1. The number of likely N-dealkylation sites (tertiary alicyclic amines) is 1. The van der Waals surface area contributed by atoms with E-state index < -0.39 is 0 Å². The minimum absolute atomic E-state index is 0.00693. The van der Waals surface area contributed by atoms with Gasteiger partial charge in [-0.25, -0.2) is 0 Å². The van der Waals surface area contributed by atoms with E-state index in [1.165, 1.54) is 0 Å². The van der Waals surface area contributed by atoms with Crippen molar-refractivity contribution in [3.8, 4) is 0 Å². The fraction of sp³-hybridized carbons (Fsp3) is 0.333. The van der Waals surface area contributed by atoms with Gasteiger partial charge in [0.2, 0.25) is 5.91 Å². The summed E-state index contributed by atoms with van der Waals surface area (Å²) < 4.78 is 0. The topological polar surface area (TPSA) is 80.1 Å². The van der Waals surface area contributed by atoms with Crippen LogP contribution in [0.15, 0.2) is 42.7 Å². The highest BCUT2D eigenvalue weighted by Gasteiger charge is 2.28. The van der Waals surface area contributed by atoms with Crippen molar-refractivity contribution in [1.29, 1.82) is 0 Å². The van der Waals surface area contributed by atoms with Crippen LogP contribution in [0.25, 0.3) is 0 Å². The molecule has 1 saturated heterocycles. The van der Waals surface area contributed by atoms with Gasteiger partial charge in [0.05, 0.1) is 25.0 Å². The van der Waals surface area contributed by atoms with E-state index in [1.807, 2.05) is 6.07 Å². The molecule has 1 aliphatic rings. The lowest BCUT2D eigenvalue weighted by Crippen LogP contribution is -2.39. The van der Waals surface area contributed by atoms with Gasteiger partial charge in [0, 0.05) is 18.7 Å². The Bertz CT molecular complexity index is 641. The molecular formula is C15H17N5O2. The van der Waals surface area contributed by atoms with Crippen LogP contribution in [0.1, 0.15) is 22.8 Å². The fourth-order valence-electron chi connectivity index (χ4n) is 2.53. The van der Waals surface area contributed by atoms with Gasteiger partial charge in [0.15, 0.2) is 0 Å². The third kappa shape index (κ3) is 3.13. The maximum atomic E-state index is 12.2. The van der Waals surface area contributed by atoms with Gasteiger partial charge in [-0.1, -0.05) is 18.2 Å². The largest absolute Gasteiger partial charge is 0.343 e. The van der Waals surface area contributed by atoms with Crippen molar-refractivity contribution in [2.75, 3.05) is 19.6 Å². The number of aromatic nitrogens is 3. The summed E-state index contributed by atoms with van der Waals surface area (Å²) >= 11 is 0. The van der Waals surface area contributed by atoms with Gasteiger partial charge in [-0.15, -0.1) is 0 Å². The van der Waals surface area contributed by atoms with Crippen molar-refractivity contribution in [2.45, 2.75) is 12.5 Å². The smallest absolute Gasteiger partial charge is 0.251 e. The molecular weight excluding hydrogens is 282 g/mol. The summed E-state index contributed by atoms with van der Waals surface area (Å²) in [6.45, 7) is 1.24. The molecule has 0 spiro atoms. The summed E-state index contributed by atoms with van der Waals surface area (Å²) in [6.07, 6.45) is 4.09.